The molecule has 3 N–H and O–H groups in total. The number of benzene rings is 1. The van der Waals surface area contributed by atoms with Gasteiger partial charge in [-0.2, -0.15) is 26.3 Å². The zero-order valence-electron chi connectivity index (χ0n) is 20.9. The smallest absolute Gasteiger partial charge is 0.475 e. The molecule has 2 aliphatic heterocycles. The minimum absolute atomic E-state index is 0.354. The molecule has 0 amide bonds. The third-order valence-electron chi connectivity index (χ3n) is 5.75. The van der Waals surface area contributed by atoms with Crippen LogP contribution in [0.25, 0.3) is 0 Å². The lowest BCUT2D eigenvalue weighted by Gasteiger charge is -2.20. The van der Waals surface area contributed by atoms with E-state index in [1.54, 1.807) is 12.4 Å². The molecule has 1 aromatic carbocycles. The normalized spacial score (nSPS) is 20.4. The SMILES string of the molecule is O=C(O)C(F)(F)F.O=C(O)C(F)(F)F.c1ccc(COCCN2C[C@@H]3[C@@H](CNc4ncccn4)CO[C@@H]3C2)cc1. The number of halogens is 6. The molecule has 2 fully saturated rings. The number of anilines is 1. The van der Waals surface area contributed by atoms with Crippen LogP contribution in [0.1, 0.15) is 5.56 Å². The molecule has 222 valence electrons. The number of nitrogens with one attached hydrogen (secondary N) is 1. The Morgan fingerprint density at radius 1 is 0.975 bits per heavy atom. The van der Waals surface area contributed by atoms with E-state index in [4.69, 9.17) is 29.3 Å². The number of carboxylic acids is 2. The van der Waals surface area contributed by atoms with E-state index in [0.29, 0.717) is 30.5 Å². The van der Waals surface area contributed by atoms with Crippen molar-refractivity contribution in [3.63, 3.8) is 0 Å². The molecule has 0 radical (unpaired) electrons. The number of alkyl halides is 6. The predicted molar refractivity (Wildman–Crippen MR) is 127 cm³/mol. The van der Waals surface area contributed by atoms with Crippen LogP contribution in [-0.4, -0.2) is 94.9 Å². The van der Waals surface area contributed by atoms with Crippen LogP contribution in [0, 0.1) is 11.8 Å². The molecule has 0 aliphatic carbocycles. The van der Waals surface area contributed by atoms with Crippen LogP contribution in [0.2, 0.25) is 0 Å². The van der Waals surface area contributed by atoms with Crippen molar-refractivity contribution in [2.75, 3.05) is 44.7 Å². The van der Waals surface area contributed by atoms with E-state index >= 15 is 0 Å². The van der Waals surface area contributed by atoms with Gasteiger partial charge in [-0.1, -0.05) is 30.3 Å². The van der Waals surface area contributed by atoms with Gasteiger partial charge >= 0.3 is 24.3 Å². The maximum atomic E-state index is 10.6. The Kier molecular flexibility index (Phi) is 12.5. The first-order valence-corrected chi connectivity index (χ1v) is 11.8. The number of carboxylic acid groups (broad SMARTS) is 2. The maximum absolute atomic E-state index is 10.6. The van der Waals surface area contributed by atoms with Crippen LogP contribution in [0.3, 0.4) is 0 Å². The van der Waals surface area contributed by atoms with Gasteiger partial charge in [0.05, 0.1) is 25.9 Å². The summed E-state index contributed by atoms with van der Waals surface area (Å²) >= 11 is 0. The summed E-state index contributed by atoms with van der Waals surface area (Å²) in [5, 5.41) is 17.6. The van der Waals surface area contributed by atoms with Crippen molar-refractivity contribution < 1.29 is 55.6 Å². The molecule has 16 heteroatoms. The van der Waals surface area contributed by atoms with Gasteiger partial charge in [-0.25, -0.2) is 19.6 Å². The second-order valence-electron chi connectivity index (χ2n) is 8.65. The second-order valence-corrected chi connectivity index (χ2v) is 8.65. The molecule has 1 aromatic heterocycles. The summed E-state index contributed by atoms with van der Waals surface area (Å²) in [5.41, 5.74) is 1.23. The Morgan fingerprint density at radius 2 is 1.55 bits per heavy atom. The summed E-state index contributed by atoms with van der Waals surface area (Å²) < 4.78 is 75.3. The number of aliphatic carboxylic acids is 2. The number of hydrogen-bond acceptors (Lipinski definition) is 8. The number of ether oxygens (including phenoxy) is 2. The lowest BCUT2D eigenvalue weighted by molar-refractivity contribution is -0.193. The van der Waals surface area contributed by atoms with Crippen LogP contribution < -0.4 is 5.32 Å². The lowest BCUT2D eigenvalue weighted by Crippen LogP contribution is -2.29. The highest BCUT2D eigenvalue weighted by molar-refractivity contribution is 5.73. The van der Waals surface area contributed by atoms with Gasteiger partial charge in [0.15, 0.2) is 0 Å². The fourth-order valence-electron chi connectivity index (χ4n) is 3.84. The van der Waals surface area contributed by atoms with Gasteiger partial charge in [-0.05, 0) is 11.6 Å². The van der Waals surface area contributed by atoms with Gasteiger partial charge in [0.25, 0.3) is 0 Å². The summed E-state index contributed by atoms with van der Waals surface area (Å²) in [6.07, 6.45) is -6.29. The molecule has 10 nitrogen and oxygen atoms in total. The number of carbonyl (C=O) groups is 2. The average molecular weight is 582 g/mol. The number of likely N-dealkylation sites (tertiary alicyclic amines) is 1. The summed E-state index contributed by atoms with van der Waals surface area (Å²) in [7, 11) is 0. The van der Waals surface area contributed by atoms with Crippen LogP contribution in [0.15, 0.2) is 48.8 Å². The monoisotopic (exact) mass is 582 g/mol. The van der Waals surface area contributed by atoms with Crippen molar-refractivity contribution in [3.05, 3.63) is 54.4 Å². The first-order valence-electron chi connectivity index (χ1n) is 11.8. The molecule has 4 rings (SSSR count). The molecule has 0 saturated carbocycles. The Balaban J connectivity index is 0.000000333. The first kappa shape index (κ1) is 32.7. The Labute approximate surface area is 224 Å². The van der Waals surface area contributed by atoms with Crippen molar-refractivity contribution in [2.24, 2.45) is 11.8 Å². The summed E-state index contributed by atoms with van der Waals surface area (Å²) in [6, 6.07) is 12.2. The molecule has 40 heavy (non-hydrogen) atoms. The van der Waals surface area contributed by atoms with E-state index in [1.807, 2.05) is 24.3 Å². The number of aromatic nitrogens is 2. The minimum Gasteiger partial charge on any atom is -0.475 e. The largest absolute Gasteiger partial charge is 0.490 e. The summed E-state index contributed by atoms with van der Waals surface area (Å²) in [5.74, 6) is -3.72. The average Bonchev–Trinajstić information content (AvgIpc) is 3.47. The van der Waals surface area contributed by atoms with Gasteiger partial charge in [0.1, 0.15) is 0 Å². The number of nitrogens with zero attached hydrogens (tertiary/aromatic N) is 3. The molecule has 2 aromatic rings. The zero-order valence-corrected chi connectivity index (χ0v) is 20.9. The van der Waals surface area contributed by atoms with E-state index in [0.717, 1.165) is 39.4 Å². The van der Waals surface area contributed by atoms with E-state index in [2.05, 4.69) is 32.3 Å². The third kappa shape index (κ3) is 11.7. The summed E-state index contributed by atoms with van der Waals surface area (Å²) in [6.45, 7) is 6.19. The number of fused-ring (bicyclic) bond motifs is 1. The van der Waals surface area contributed by atoms with Crippen molar-refractivity contribution >= 4 is 17.9 Å². The highest BCUT2D eigenvalue weighted by Gasteiger charge is 2.43. The maximum Gasteiger partial charge on any atom is 0.490 e. The Bertz CT molecular complexity index is 1020. The highest BCUT2D eigenvalue weighted by Crippen LogP contribution is 2.33. The molecule has 3 atom stereocenters. The lowest BCUT2D eigenvalue weighted by atomic mass is 9.93. The topological polar surface area (TPSA) is 134 Å². The van der Waals surface area contributed by atoms with E-state index < -0.39 is 24.3 Å². The summed E-state index contributed by atoms with van der Waals surface area (Å²) in [4.78, 5) is 28.7. The van der Waals surface area contributed by atoms with Crippen LogP contribution in [0.5, 0.6) is 0 Å². The van der Waals surface area contributed by atoms with Crippen molar-refractivity contribution in [1.82, 2.24) is 14.9 Å². The molecule has 2 aliphatic rings. The van der Waals surface area contributed by atoms with Crippen molar-refractivity contribution in [2.45, 2.75) is 25.1 Å². The first-order chi connectivity index (χ1) is 18.8. The van der Waals surface area contributed by atoms with Gasteiger partial charge in [0, 0.05) is 50.4 Å². The Morgan fingerprint density at radius 3 is 2.10 bits per heavy atom. The molecular formula is C24H28F6N4O6. The van der Waals surface area contributed by atoms with Crippen LogP contribution >= 0.6 is 0 Å². The fourth-order valence-corrected chi connectivity index (χ4v) is 3.84. The Hall–Kier alpha value is -3.50. The molecule has 0 spiro atoms. The van der Waals surface area contributed by atoms with Crippen molar-refractivity contribution in [1.29, 1.82) is 0 Å². The fraction of sp³-hybridized carbons (Fsp3) is 0.500. The zero-order chi connectivity index (χ0) is 29.8. The quantitative estimate of drug-likeness (QED) is 0.314. The van der Waals surface area contributed by atoms with Crippen LogP contribution in [0.4, 0.5) is 32.3 Å². The van der Waals surface area contributed by atoms with E-state index in [9.17, 15) is 26.3 Å². The van der Waals surface area contributed by atoms with E-state index in [-0.39, 0.29) is 0 Å². The third-order valence-corrected chi connectivity index (χ3v) is 5.75. The standard InChI is InChI=1S/C20H26N4O2.2C2HF3O2/c1-2-5-16(6-3-1)14-25-10-9-24-12-18-17(15-26-19(18)13-24)11-23-20-21-7-4-8-22-20;2*3-2(4,5)1(6)7/h1-8,17-19H,9-15H2,(H,21,22,23);2*(H,6,7)/t17-,18+,19+;;/m0../s1. The second kappa shape index (κ2) is 15.3. The van der Waals surface area contributed by atoms with Crippen LogP contribution in [-0.2, 0) is 25.7 Å². The van der Waals surface area contributed by atoms with Gasteiger partial charge in [-0.3, -0.25) is 4.90 Å². The van der Waals surface area contributed by atoms with Gasteiger partial charge in [0.2, 0.25) is 5.95 Å². The molecular weight excluding hydrogens is 554 g/mol. The molecule has 0 bridgehead atoms. The highest BCUT2D eigenvalue weighted by atomic mass is 19.4. The molecule has 0 unspecified atom stereocenters. The van der Waals surface area contributed by atoms with E-state index in [1.165, 1.54) is 5.56 Å². The number of hydrogen-bond donors (Lipinski definition) is 3. The molecule has 3 heterocycles. The van der Waals surface area contributed by atoms with Crippen molar-refractivity contribution in [3.8, 4) is 0 Å². The number of rotatable bonds is 8. The predicted octanol–water partition coefficient (Wildman–Crippen LogP) is 3.32. The van der Waals surface area contributed by atoms with Gasteiger partial charge in [-0.15, -0.1) is 0 Å². The minimum atomic E-state index is -5.08. The molecule has 2 saturated heterocycles. The van der Waals surface area contributed by atoms with Gasteiger partial charge < -0.3 is 25.0 Å².